The molecule has 0 bridgehead atoms. The molecule has 0 aliphatic heterocycles. The Kier molecular flexibility index (Phi) is 4.05. The van der Waals surface area contributed by atoms with Gasteiger partial charge in [0.05, 0.1) is 11.8 Å². The van der Waals surface area contributed by atoms with E-state index < -0.39 is 6.10 Å². The van der Waals surface area contributed by atoms with E-state index in [1.54, 1.807) is 37.0 Å². The van der Waals surface area contributed by atoms with Gasteiger partial charge in [-0.3, -0.25) is 9.48 Å². The fraction of sp³-hybridized carbons (Fsp3) is 0.400. The molecular formula is C10H15N3O2. The molecule has 0 spiro atoms. The molecule has 5 nitrogen and oxygen atoms in total. The van der Waals surface area contributed by atoms with Gasteiger partial charge in [0.2, 0.25) is 5.91 Å². The number of aryl methyl sites for hydroxylation is 1. The number of rotatable bonds is 4. The van der Waals surface area contributed by atoms with E-state index >= 15 is 0 Å². The molecule has 0 aliphatic rings. The minimum absolute atomic E-state index is 0.225. The van der Waals surface area contributed by atoms with Crippen LogP contribution in [0.2, 0.25) is 0 Å². The maximum Gasteiger partial charge on any atom is 0.244 e. The topological polar surface area (TPSA) is 67.2 Å². The van der Waals surface area contributed by atoms with Crippen LogP contribution in [0.3, 0.4) is 0 Å². The van der Waals surface area contributed by atoms with Crippen LogP contribution in [0.4, 0.5) is 0 Å². The first-order valence-corrected chi connectivity index (χ1v) is 4.71. The summed E-state index contributed by atoms with van der Waals surface area (Å²) in [6.07, 6.45) is 4.22. The number of hydrogen-bond donors (Lipinski definition) is 2. The van der Waals surface area contributed by atoms with Gasteiger partial charge in [-0.05, 0) is 19.1 Å². The summed E-state index contributed by atoms with van der Waals surface area (Å²) < 4.78 is 1.67. The van der Waals surface area contributed by atoms with Crippen LogP contribution in [0.5, 0.6) is 0 Å². The Morgan fingerprint density at radius 2 is 2.53 bits per heavy atom. The van der Waals surface area contributed by atoms with Gasteiger partial charge in [0, 0.05) is 25.9 Å². The highest BCUT2D eigenvalue weighted by molar-refractivity contribution is 5.91. The van der Waals surface area contributed by atoms with E-state index in [0.29, 0.717) is 0 Å². The first-order chi connectivity index (χ1) is 7.09. The molecule has 0 aliphatic carbocycles. The zero-order valence-corrected chi connectivity index (χ0v) is 8.84. The van der Waals surface area contributed by atoms with Crippen LogP contribution in [0.1, 0.15) is 12.6 Å². The van der Waals surface area contributed by atoms with Crippen LogP contribution >= 0.6 is 0 Å². The Labute approximate surface area is 88.4 Å². The molecule has 15 heavy (non-hydrogen) atoms. The van der Waals surface area contributed by atoms with Crippen molar-refractivity contribution in [3.63, 3.8) is 0 Å². The van der Waals surface area contributed by atoms with Gasteiger partial charge in [0.15, 0.2) is 0 Å². The van der Waals surface area contributed by atoms with E-state index in [1.165, 1.54) is 6.08 Å². The second-order valence-electron chi connectivity index (χ2n) is 3.31. The summed E-state index contributed by atoms with van der Waals surface area (Å²) in [6, 6.07) is 1.80. The summed E-state index contributed by atoms with van der Waals surface area (Å²) in [5.74, 6) is -0.225. The normalized spacial score (nSPS) is 13.0. The van der Waals surface area contributed by atoms with Crippen LogP contribution in [-0.2, 0) is 11.8 Å². The molecule has 1 rings (SSSR count). The van der Waals surface area contributed by atoms with Crippen molar-refractivity contribution in [1.29, 1.82) is 0 Å². The van der Waals surface area contributed by atoms with Crippen LogP contribution in [0.25, 0.3) is 6.08 Å². The van der Waals surface area contributed by atoms with Crippen molar-refractivity contribution in [1.82, 2.24) is 15.1 Å². The summed E-state index contributed by atoms with van der Waals surface area (Å²) in [4.78, 5) is 11.2. The predicted octanol–water partition coefficient (Wildman–Crippen LogP) is -0.0697. The third-order valence-electron chi connectivity index (χ3n) is 1.84. The van der Waals surface area contributed by atoms with Gasteiger partial charge in [0.25, 0.3) is 0 Å². The molecule has 1 heterocycles. The van der Waals surface area contributed by atoms with E-state index in [2.05, 4.69) is 10.4 Å². The molecule has 5 heteroatoms. The number of aliphatic hydroxyl groups excluding tert-OH is 1. The minimum atomic E-state index is -0.529. The lowest BCUT2D eigenvalue weighted by atomic mass is 10.3. The Morgan fingerprint density at radius 1 is 1.80 bits per heavy atom. The first kappa shape index (κ1) is 11.5. The standard InChI is InChI=1S/C10H15N3O2/c1-8(14)7-11-10(15)4-3-9-5-6-12-13(9)2/h3-6,8,14H,7H2,1-2H3,(H,11,15)/b4-3+/t8-/m1/s1. The average molecular weight is 209 g/mol. The van der Waals surface area contributed by atoms with Gasteiger partial charge < -0.3 is 10.4 Å². The number of aromatic nitrogens is 2. The van der Waals surface area contributed by atoms with Crippen molar-refractivity contribution in [3.05, 3.63) is 24.0 Å². The smallest absolute Gasteiger partial charge is 0.244 e. The van der Waals surface area contributed by atoms with Crippen molar-refractivity contribution in [2.24, 2.45) is 7.05 Å². The lowest BCUT2D eigenvalue weighted by Crippen LogP contribution is -2.28. The van der Waals surface area contributed by atoms with Gasteiger partial charge in [-0.15, -0.1) is 0 Å². The quantitative estimate of drug-likeness (QED) is 0.682. The van der Waals surface area contributed by atoms with Crippen LogP contribution in [-0.4, -0.2) is 33.4 Å². The van der Waals surface area contributed by atoms with Crippen molar-refractivity contribution in [2.75, 3.05) is 6.54 Å². The molecule has 0 radical (unpaired) electrons. The molecule has 1 aromatic rings. The minimum Gasteiger partial charge on any atom is -0.392 e. The SMILES string of the molecule is C[C@@H](O)CNC(=O)/C=C/c1ccnn1C. The highest BCUT2D eigenvalue weighted by Gasteiger charge is 1.99. The predicted molar refractivity (Wildman–Crippen MR) is 56.9 cm³/mol. The zero-order valence-electron chi connectivity index (χ0n) is 8.84. The Bertz CT molecular complexity index is 355. The molecule has 0 fully saturated rings. The van der Waals surface area contributed by atoms with Crippen LogP contribution < -0.4 is 5.32 Å². The van der Waals surface area contributed by atoms with Crippen molar-refractivity contribution >= 4 is 12.0 Å². The third-order valence-corrected chi connectivity index (χ3v) is 1.84. The Hall–Kier alpha value is -1.62. The van der Waals surface area contributed by atoms with Crippen LogP contribution in [0.15, 0.2) is 18.3 Å². The van der Waals surface area contributed by atoms with E-state index in [0.717, 1.165) is 5.69 Å². The lowest BCUT2D eigenvalue weighted by Gasteiger charge is -2.03. The molecule has 2 N–H and O–H groups in total. The lowest BCUT2D eigenvalue weighted by molar-refractivity contribution is -0.116. The number of carbonyl (C=O) groups is 1. The maximum atomic E-state index is 11.2. The molecule has 0 saturated carbocycles. The molecule has 0 saturated heterocycles. The zero-order chi connectivity index (χ0) is 11.3. The number of amides is 1. The monoisotopic (exact) mass is 209 g/mol. The van der Waals surface area contributed by atoms with E-state index in [4.69, 9.17) is 5.11 Å². The van der Waals surface area contributed by atoms with Gasteiger partial charge in [-0.25, -0.2) is 0 Å². The number of carbonyl (C=O) groups excluding carboxylic acids is 1. The molecular weight excluding hydrogens is 194 g/mol. The van der Waals surface area contributed by atoms with Gasteiger partial charge >= 0.3 is 0 Å². The Balaban J connectivity index is 2.44. The summed E-state index contributed by atoms with van der Waals surface area (Å²) in [7, 11) is 1.80. The molecule has 1 atom stereocenters. The summed E-state index contributed by atoms with van der Waals surface area (Å²) >= 11 is 0. The molecule has 1 aromatic heterocycles. The number of aliphatic hydroxyl groups is 1. The number of hydrogen-bond acceptors (Lipinski definition) is 3. The number of nitrogens with zero attached hydrogens (tertiary/aromatic N) is 2. The summed E-state index contributed by atoms with van der Waals surface area (Å²) in [6.45, 7) is 1.87. The maximum absolute atomic E-state index is 11.2. The number of nitrogens with one attached hydrogen (secondary N) is 1. The third kappa shape index (κ3) is 3.95. The highest BCUT2D eigenvalue weighted by atomic mass is 16.3. The van der Waals surface area contributed by atoms with Gasteiger partial charge in [-0.1, -0.05) is 0 Å². The molecule has 0 aromatic carbocycles. The summed E-state index contributed by atoms with van der Waals surface area (Å²) in [5, 5.41) is 15.5. The average Bonchev–Trinajstić information content (AvgIpc) is 2.58. The first-order valence-electron chi connectivity index (χ1n) is 4.71. The van der Waals surface area contributed by atoms with E-state index in [-0.39, 0.29) is 12.5 Å². The van der Waals surface area contributed by atoms with Crippen LogP contribution in [0, 0.1) is 0 Å². The molecule has 82 valence electrons. The van der Waals surface area contributed by atoms with Crippen molar-refractivity contribution in [3.8, 4) is 0 Å². The largest absolute Gasteiger partial charge is 0.392 e. The molecule has 1 amide bonds. The van der Waals surface area contributed by atoms with Gasteiger partial charge in [0.1, 0.15) is 0 Å². The summed E-state index contributed by atoms with van der Waals surface area (Å²) in [5.41, 5.74) is 0.849. The van der Waals surface area contributed by atoms with E-state index in [1.807, 2.05) is 0 Å². The Morgan fingerprint density at radius 3 is 3.07 bits per heavy atom. The molecule has 0 unspecified atom stereocenters. The van der Waals surface area contributed by atoms with Crippen molar-refractivity contribution < 1.29 is 9.90 Å². The fourth-order valence-corrected chi connectivity index (χ4v) is 1.02. The fourth-order valence-electron chi connectivity index (χ4n) is 1.02. The highest BCUT2D eigenvalue weighted by Crippen LogP contribution is 1.98. The van der Waals surface area contributed by atoms with Gasteiger partial charge in [-0.2, -0.15) is 5.10 Å². The second kappa shape index (κ2) is 5.31. The van der Waals surface area contributed by atoms with Crippen molar-refractivity contribution in [2.45, 2.75) is 13.0 Å². The van der Waals surface area contributed by atoms with E-state index in [9.17, 15) is 4.79 Å². The second-order valence-corrected chi connectivity index (χ2v) is 3.31.